The number of hydrogen-bond acceptors (Lipinski definition) is 5. The zero-order chi connectivity index (χ0) is 14.1. The summed E-state index contributed by atoms with van der Waals surface area (Å²) in [6, 6.07) is 0. The molecule has 0 aromatic heterocycles. The molecule has 0 bridgehead atoms. The summed E-state index contributed by atoms with van der Waals surface area (Å²) in [5.74, 6) is -1.39. The van der Waals surface area contributed by atoms with Crippen LogP contribution in [0.4, 0.5) is 0 Å². The molecule has 0 spiro atoms. The summed E-state index contributed by atoms with van der Waals surface area (Å²) < 4.78 is 9.94. The van der Waals surface area contributed by atoms with Crippen molar-refractivity contribution in [2.45, 2.75) is 51.0 Å². The molecule has 2 fully saturated rings. The molecule has 0 aromatic rings. The summed E-state index contributed by atoms with van der Waals surface area (Å²) in [4.78, 5) is 24.2. The van der Waals surface area contributed by atoms with Gasteiger partial charge in [-0.05, 0) is 32.6 Å². The lowest BCUT2D eigenvalue weighted by Crippen LogP contribution is -2.56. The summed E-state index contributed by atoms with van der Waals surface area (Å²) in [7, 11) is 1.32. The van der Waals surface area contributed by atoms with Crippen molar-refractivity contribution >= 4 is 11.9 Å². The Hall–Kier alpha value is -1.10. The zero-order valence-electron chi connectivity index (χ0n) is 11.6. The zero-order valence-corrected chi connectivity index (χ0v) is 11.6. The van der Waals surface area contributed by atoms with E-state index in [1.54, 1.807) is 6.92 Å². The van der Waals surface area contributed by atoms with Gasteiger partial charge in [-0.15, -0.1) is 0 Å². The minimum Gasteiger partial charge on any atom is -0.469 e. The molecule has 0 heterocycles. The Morgan fingerprint density at radius 1 is 1.26 bits per heavy atom. The molecule has 19 heavy (non-hydrogen) atoms. The van der Waals surface area contributed by atoms with Crippen molar-refractivity contribution in [1.29, 1.82) is 0 Å². The van der Waals surface area contributed by atoms with Crippen molar-refractivity contribution in [1.82, 2.24) is 0 Å². The van der Waals surface area contributed by atoms with Crippen LogP contribution in [-0.2, 0) is 19.1 Å². The van der Waals surface area contributed by atoms with E-state index < -0.39 is 22.9 Å². The van der Waals surface area contributed by atoms with Gasteiger partial charge in [-0.25, -0.2) is 0 Å². The van der Waals surface area contributed by atoms with Gasteiger partial charge in [0.1, 0.15) is 0 Å². The molecular formula is C14H22O5. The fraction of sp³-hybridized carbons (Fsp3) is 0.857. The second-order valence-electron chi connectivity index (χ2n) is 5.55. The maximum Gasteiger partial charge on any atom is 0.315 e. The number of methoxy groups -OCH3 is 1. The smallest absolute Gasteiger partial charge is 0.315 e. The number of rotatable bonds is 3. The predicted octanol–water partition coefficient (Wildman–Crippen LogP) is 1.42. The van der Waals surface area contributed by atoms with Crippen LogP contribution >= 0.6 is 0 Å². The van der Waals surface area contributed by atoms with Crippen molar-refractivity contribution in [2.24, 2.45) is 11.3 Å². The molecule has 5 heteroatoms. The van der Waals surface area contributed by atoms with Crippen LogP contribution in [0.3, 0.4) is 0 Å². The van der Waals surface area contributed by atoms with E-state index in [1.165, 1.54) is 7.11 Å². The van der Waals surface area contributed by atoms with Gasteiger partial charge >= 0.3 is 11.9 Å². The number of carbonyl (C=O) groups is 2. The fourth-order valence-electron chi connectivity index (χ4n) is 3.86. The lowest BCUT2D eigenvalue weighted by Gasteiger charge is -2.45. The Morgan fingerprint density at radius 2 is 1.95 bits per heavy atom. The highest BCUT2D eigenvalue weighted by molar-refractivity contribution is 5.83. The number of esters is 2. The quantitative estimate of drug-likeness (QED) is 0.785. The van der Waals surface area contributed by atoms with E-state index >= 15 is 0 Å². The van der Waals surface area contributed by atoms with Crippen LogP contribution < -0.4 is 0 Å². The molecule has 1 N–H and O–H groups in total. The molecule has 3 atom stereocenters. The van der Waals surface area contributed by atoms with E-state index in [2.05, 4.69) is 0 Å². The number of aliphatic hydroxyl groups is 1. The molecule has 2 aliphatic rings. The average Bonchev–Trinajstić information content (AvgIpc) is 2.72. The van der Waals surface area contributed by atoms with E-state index in [0.717, 1.165) is 12.8 Å². The van der Waals surface area contributed by atoms with Gasteiger partial charge in [-0.2, -0.15) is 0 Å². The van der Waals surface area contributed by atoms with Crippen LogP contribution in [0.5, 0.6) is 0 Å². The molecule has 2 saturated carbocycles. The second-order valence-corrected chi connectivity index (χ2v) is 5.55. The molecule has 0 amide bonds. The predicted molar refractivity (Wildman–Crippen MR) is 67.2 cm³/mol. The van der Waals surface area contributed by atoms with Crippen LogP contribution in [0.25, 0.3) is 0 Å². The third-order valence-corrected chi connectivity index (χ3v) is 4.83. The lowest BCUT2D eigenvalue weighted by atomic mass is 9.62. The first-order valence-electron chi connectivity index (χ1n) is 6.99. The monoisotopic (exact) mass is 270 g/mol. The molecule has 108 valence electrons. The van der Waals surface area contributed by atoms with Crippen molar-refractivity contribution in [3.63, 3.8) is 0 Å². The normalized spacial score (nSPS) is 37.5. The van der Waals surface area contributed by atoms with Crippen LogP contribution in [0.1, 0.15) is 45.4 Å². The van der Waals surface area contributed by atoms with Crippen molar-refractivity contribution in [3.05, 3.63) is 0 Å². The number of ether oxygens (including phenoxy) is 2. The average molecular weight is 270 g/mol. The maximum absolute atomic E-state index is 12.3. The fourth-order valence-corrected chi connectivity index (χ4v) is 3.86. The SMILES string of the molecule is CCOC(=O)[C@@]12CCCC[C@]1(O)[C@@H](C(=O)OC)CC2. The molecule has 0 saturated heterocycles. The first-order valence-corrected chi connectivity index (χ1v) is 6.99. The van der Waals surface area contributed by atoms with E-state index in [9.17, 15) is 14.7 Å². The van der Waals surface area contributed by atoms with Gasteiger partial charge in [-0.3, -0.25) is 9.59 Å². The Morgan fingerprint density at radius 3 is 2.58 bits per heavy atom. The van der Waals surface area contributed by atoms with E-state index in [4.69, 9.17) is 9.47 Å². The minimum atomic E-state index is -1.30. The summed E-state index contributed by atoms with van der Waals surface area (Å²) >= 11 is 0. The molecule has 5 nitrogen and oxygen atoms in total. The molecule has 2 aliphatic carbocycles. The molecule has 0 aliphatic heterocycles. The Labute approximate surface area is 113 Å². The third kappa shape index (κ3) is 1.95. The van der Waals surface area contributed by atoms with Gasteiger partial charge in [0.15, 0.2) is 0 Å². The second kappa shape index (κ2) is 5.12. The number of fused-ring (bicyclic) bond motifs is 1. The highest BCUT2D eigenvalue weighted by atomic mass is 16.5. The topological polar surface area (TPSA) is 72.8 Å². The summed E-state index contributed by atoms with van der Waals surface area (Å²) in [5.41, 5.74) is -2.22. The van der Waals surface area contributed by atoms with Gasteiger partial charge in [0.2, 0.25) is 0 Å². The van der Waals surface area contributed by atoms with E-state index in [0.29, 0.717) is 32.3 Å². The highest BCUT2D eigenvalue weighted by Gasteiger charge is 2.66. The largest absolute Gasteiger partial charge is 0.469 e. The highest BCUT2D eigenvalue weighted by Crippen LogP contribution is 2.58. The maximum atomic E-state index is 12.3. The minimum absolute atomic E-state index is 0.291. The van der Waals surface area contributed by atoms with Crippen LogP contribution in [0.15, 0.2) is 0 Å². The number of hydrogen-bond donors (Lipinski definition) is 1. The number of carbonyl (C=O) groups excluding carboxylic acids is 2. The summed E-state index contributed by atoms with van der Waals surface area (Å²) in [5, 5.41) is 11.0. The summed E-state index contributed by atoms with van der Waals surface area (Å²) in [6.07, 6.45) is 3.76. The van der Waals surface area contributed by atoms with Gasteiger partial charge in [0.05, 0.1) is 30.7 Å². The lowest BCUT2D eigenvalue weighted by molar-refractivity contribution is -0.188. The van der Waals surface area contributed by atoms with Gasteiger partial charge in [0, 0.05) is 0 Å². The van der Waals surface area contributed by atoms with E-state index in [-0.39, 0.29) is 5.97 Å². The van der Waals surface area contributed by atoms with Gasteiger partial charge < -0.3 is 14.6 Å². The first-order chi connectivity index (χ1) is 9.02. The van der Waals surface area contributed by atoms with Crippen LogP contribution in [-0.4, -0.2) is 36.4 Å². The van der Waals surface area contributed by atoms with Crippen LogP contribution in [0.2, 0.25) is 0 Å². The van der Waals surface area contributed by atoms with Crippen LogP contribution in [0, 0.1) is 11.3 Å². The van der Waals surface area contributed by atoms with Crippen molar-refractivity contribution in [2.75, 3.05) is 13.7 Å². The molecule has 0 unspecified atom stereocenters. The molecular weight excluding hydrogens is 248 g/mol. The standard InChI is InChI=1S/C14H22O5/c1-3-19-12(16)13-7-4-5-8-14(13,17)10(6-9-13)11(15)18-2/h10,17H,3-9H2,1-2H3/t10-,13+,14+/m1/s1. The van der Waals surface area contributed by atoms with Crippen molar-refractivity contribution < 1.29 is 24.2 Å². The van der Waals surface area contributed by atoms with Crippen molar-refractivity contribution in [3.8, 4) is 0 Å². The van der Waals surface area contributed by atoms with Gasteiger partial charge in [0.25, 0.3) is 0 Å². The third-order valence-electron chi connectivity index (χ3n) is 4.83. The molecule has 2 rings (SSSR count). The molecule has 0 radical (unpaired) electrons. The Bertz CT molecular complexity index is 380. The van der Waals surface area contributed by atoms with E-state index in [1.807, 2.05) is 0 Å². The van der Waals surface area contributed by atoms with Gasteiger partial charge in [-0.1, -0.05) is 12.8 Å². The summed E-state index contributed by atoms with van der Waals surface area (Å²) in [6.45, 7) is 2.04. The Kier molecular flexibility index (Phi) is 3.85. The Balaban J connectivity index is 2.35. The molecule has 0 aromatic carbocycles. The first kappa shape index (κ1) is 14.3.